The fraction of sp³-hybridized carbons (Fsp3) is 0.818. The van der Waals surface area contributed by atoms with Crippen LogP contribution in [-0.4, -0.2) is 30.8 Å². The Morgan fingerprint density at radius 3 is 3.07 bits per heavy atom. The fourth-order valence-electron chi connectivity index (χ4n) is 2.64. The molecule has 0 aromatic heterocycles. The first-order valence-electron chi connectivity index (χ1n) is 5.35. The van der Waals surface area contributed by atoms with Gasteiger partial charge in [0.15, 0.2) is 0 Å². The summed E-state index contributed by atoms with van der Waals surface area (Å²) >= 11 is 0. The lowest BCUT2D eigenvalue weighted by Gasteiger charge is -2.42. The molecule has 2 rings (SSSR count). The fourth-order valence-corrected chi connectivity index (χ4v) is 2.64. The van der Waals surface area contributed by atoms with Gasteiger partial charge in [-0.2, -0.15) is 0 Å². The first kappa shape index (κ1) is 9.97. The van der Waals surface area contributed by atoms with Gasteiger partial charge < -0.3 is 10.5 Å². The van der Waals surface area contributed by atoms with Crippen molar-refractivity contribution in [2.24, 2.45) is 5.73 Å². The molecule has 0 aromatic carbocycles. The van der Waals surface area contributed by atoms with E-state index in [1.54, 1.807) is 0 Å². The molecule has 2 saturated heterocycles. The van der Waals surface area contributed by atoms with Gasteiger partial charge in [0.05, 0.1) is 24.3 Å². The molecule has 0 radical (unpaired) electrons. The third kappa shape index (κ3) is 1.54. The average molecular weight is 194 g/mol. The van der Waals surface area contributed by atoms with Crippen LogP contribution in [0.5, 0.6) is 0 Å². The van der Waals surface area contributed by atoms with Gasteiger partial charge in [-0.05, 0) is 25.7 Å². The summed E-state index contributed by atoms with van der Waals surface area (Å²) in [4.78, 5) is 0. The Morgan fingerprint density at radius 2 is 2.36 bits per heavy atom. The number of hydrogen-bond acceptors (Lipinski definition) is 3. The Morgan fingerprint density at radius 1 is 1.50 bits per heavy atom. The number of ether oxygens (including phenoxy) is 1. The van der Waals surface area contributed by atoms with Crippen LogP contribution in [0.2, 0.25) is 0 Å². The standard InChI is InChI=1S/C11H18N2O/c1-2-7-13-11(8-12)6-5-9-3-4-10(11)14-9/h1,9-10,13H,3-8,12H2. The second-order valence-electron chi connectivity index (χ2n) is 4.28. The van der Waals surface area contributed by atoms with Gasteiger partial charge in [-0.25, -0.2) is 0 Å². The maximum absolute atomic E-state index is 5.89. The zero-order valence-corrected chi connectivity index (χ0v) is 8.46. The molecule has 3 nitrogen and oxygen atoms in total. The highest BCUT2D eigenvalue weighted by atomic mass is 16.5. The van der Waals surface area contributed by atoms with Crippen molar-refractivity contribution in [3.8, 4) is 12.3 Å². The molecule has 3 N–H and O–H groups in total. The van der Waals surface area contributed by atoms with E-state index in [1.165, 1.54) is 6.42 Å². The van der Waals surface area contributed by atoms with Gasteiger partial charge in [0, 0.05) is 6.54 Å². The van der Waals surface area contributed by atoms with Crippen LogP contribution in [0.15, 0.2) is 0 Å². The normalized spacial score (nSPS) is 40.9. The van der Waals surface area contributed by atoms with Gasteiger partial charge in [0.1, 0.15) is 0 Å². The lowest BCUT2D eigenvalue weighted by molar-refractivity contribution is -0.0545. The third-order valence-electron chi connectivity index (χ3n) is 3.54. The first-order chi connectivity index (χ1) is 6.80. The quantitative estimate of drug-likeness (QED) is 0.633. The van der Waals surface area contributed by atoms with Crippen LogP contribution in [0.25, 0.3) is 0 Å². The van der Waals surface area contributed by atoms with Gasteiger partial charge in [-0.15, -0.1) is 6.42 Å². The van der Waals surface area contributed by atoms with Crippen LogP contribution in [-0.2, 0) is 4.74 Å². The third-order valence-corrected chi connectivity index (χ3v) is 3.54. The topological polar surface area (TPSA) is 47.3 Å². The highest BCUT2D eigenvalue weighted by molar-refractivity contribution is 5.05. The summed E-state index contributed by atoms with van der Waals surface area (Å²) in [5.41, 5.74) is 5.80. The lowest BCUT2D eigenvalue weighted by atomic mass is 9.86. The van der Waals surface area contributed by atoms with Crippen molar-refractivity contribution in [3.05, 3.63) is 0 Å². The maximum atomic E-state index is 5.89. The van der Waals surface area contributed by atoms with Crippen molar-refractivity contribution in [2.75, 3.05) is 13.1 Å². The van der Waals surface area contributed by atoms with Crippen LogP contribution in [0, 0.1) is 12.3 Å². The molecule has 0 amide bonds. The Labute approximate surface area is 85.4 Å². The number of fused-ring (bicyclic) bond motifs is 2. The first-order valence-corrected chi connectivity index (χ1v) is 5.35. The second kappa shape index (κ2) is 3.90. The molecule has 2 aliphatic heterocycles. The van der Waals surface area contributed by atoms with E-state index in [1.807, 2.05) is 0 Å². The molecule has 14 heavy (non-hydrogen) atoms. The van der Waals surface area contributed by atoms with Crippen LogP contribution in [0.4, 0.5) is 0 Å². The van der Waals surface area contributed by atoms with E-state index >= 15 is 0 Å². The molecule has 3 atom stereocenters. The average Bonchev–Trinajstić information content (AvgIpc) is 2.63. The highest BCUT2D eigenvalue weighted by Gasteiger charge is 2.46. The minimum atomic E-state index is -0.0562. The van der Waals surface area contributed by atoms with E-state index in [9.17, 15) is 0 Å². The van der Waals surface area contributed by atoms with Gasteiger partial charge in [0.25, 0.3) is 0 Å². The molecule has 0 saturated carbocycles. The van der Waals surface area contributed by atoms with Crippen LogP contribution in [0.3, 0.4) is 0 Å². The SMILES string of the molecule is C#CCNC1(CN)CCC2CCC1O2. The molecule has 3 heteroatoms. The molecule has 2 aliphatic rings. The van der Waals surface area contributed by atoms with Crippen molar-refractivity contribution >= 4 is 0 Å². The Bertz CT molecular complexity index is 248. The van der Waals surface area contributed by atoms with E-state index in [2.05, 4.69) is 11.2 Å². The van der Waals surface area contributed by atoms with E-state index in [-0.39, 0.29) is 11.6 Å². The molecule has 3 unspecified atom stereocenters. The number of terminal acetylenes is 1. The minimum absolute atomic E-state index is 0.0562. The molecule has 2 heterocycles. The van der Waals surface area contributed by atoms with Gasteiger partial charge in [-0.1, -0.05) is 5.92 Å². The highest BCUT2D eigenvalue weighted by Crippen LogP contribution is 2.38. The molecular weight excluding hydrogens is 176 g/mol. The molecular formula is C11H18N2O. The molecule has 0 aromatic rings. The summed E-state index contributed by atoms with van der Waals surface area (Å²) in [5.74, 6) is 2.61. The summed E-state index contributed by atoms with van der Waals surface area (Å²) in [6, 6.07) is 0. The van der Waals surface area contributed by atoms with Crippen molar-refractivity contribution < 1.29 is 4.74 Å². The summed E-state index contributed by atoms with van der Waals surface area (Å²) in [6.45, 7) is 1.20. The van der Waals surface area contributed by atoms with Crippen molar-refractivity contribution in [1.29, 1.82) is 0 Å². The summed E-state index contributed by atoms with van der Waals surface area (Å²) in [5, 5.41) is 3.38. The van der Waals surface area contributed by atoms with E-state index in [0.29, 0.717) is 19.2 Å². The van der Waals surface area contributed by atoms with Gasteiger partial charge in [-0.3, -0.25) is 5.32 Å². The van der Waals surface area contributed by atoms with Crippen LogP contribution in [0.1, 0.15) is 25.7 Å². The zero-order chi connectivity index (χ0) is 10.0. The summed E-state index contributed by atoms with van der Waals surface area (Å²) < 4.78 is 5.89. The minimum Gasteiger partial charge on any atom is -0.373 e. The van der Waals surface area contributed by atoms with Gasteiger partial charge in [0.2, 0.25) is 0 Å². The zero-order valence-electron chi connectivity index (χ0n) is 8.46. The summed E-state index contributed by atoms with van der Waals surface area (Å²) in [7, 11) is 0. The van der Waals surface area contributed by atoms with Crippen molar-refractivity contribution in [2.45, 2.75) is 43.4 Å². The molecule has 0 aliphatic carbocycles. The Balaban J connectivity index is 2.06. The number of nitrogens with two attached hydrogens (primary N) is 1. The van der Waals surface area contributed by atoms with E-state index < -0.39 is 0 Å². The molecule has 78 valence electrons. The summed E-state index contributed by atoms with van der Waals surface area (Å²) in [6.07, 6.45) is 10.5. The lowest BCUT2D eigenvalue weighted by Crippen LogP contribution is -2.61. The maximum Gasteiger partial charge on any atom is 0.0773 e. The van der Waals surface area contributed by atoms with Crippen LogP contribution < -0.4 is 11.1 Å². The smallest absolute Gasteiger partial charge is 0.0773 e. The number of nitrogens with one attached hydrogen (secondary N) is 1. The Kier molecular flexibility index (Phi) is 2.78. The second-order valence-corrected chi connectivity index (χ2v) is 4.28. The van der Waals surface area contributed by atoms with E-state index in [0.717, 1.165) is 19.3 Å². The van der Waals surface area contributed by atoms with Crippen molar-refractivity contribution in [1.82, 2.24) is 5.32 Å². The largest absolute Gasteiger partial charge is 0.373 e. The van der Waals surface area contributed by atoms with Crippen LogP contribution >= 0.6 is 0 Å². The number of rotatable bonds is 3. The van der Waals surface area contributed by atoms with E-state index in [4.69, 9.17) is 16.9 Å². The predicted octanol–water partition coefficient (Wildman–Crippen LogP) is 0.248. The number of hydrogen-bond donors (Lipinski definition) is 2. The molecule has 0 spiro atoms. The monoisotopic (exact) mass is 194 g/mol. The Hall–Kier alpha value is -0.560. The van der Waals surface area contributed by atoms with Gasteiger partial charge >= 0.3 is 0 Å². The van der Waals surface area contributed by atoms with Crippen molar-refractivity contribution in [3.63, 3.8) is 0 Å². The predicted molar refractivity (Wildman–Crippen MR) is 55.8 cm³/mol. The molecule has 2 fully saturated rings. The molecule has 2 bridgehead atoms.